The van der Waals surface area contributed by atoms with Gasteiger partial charge < -0.3 is 10.6 Å². The maximum Gasteiger partial charge on any atom is 0.257 e. The fourth-order valence-electron chi connectivity index (χ4n) is 3.59. The average molecular weight is 425 g/mol. The van der Waals surface area contributed by atoms with Crippen molar-refractivity contribution in [3.63, 3.8) is 0 Å². The summed E-state index contributed by atoms with van der Waals surface area (Å²) in [6.07, 6.45) is 0.235. The lowest BCUT2D eigenvalue weighted by Crippen LogP contribution is -2.19. The Bertz CT molecular complexity index is 1250. The summed E-state index contributed by atoms with van der Waals surface area (Å²) < 4.78 is 1.80. The van der Waals surface area contributed by atoms with Crippen molar-refractivity contribution in [3.8, 4) is 5.69 Å². The van der Waals surface area contributed by atoms with Gasteiger partial charge in [0.15, 0.2) is 0 Å². The van der Waals surface area contributed by atoms with Gasteiger partial charge in [-0.2, -0.15) is 5.10 Å². The molecule has 6 nitrogen and oxygen atoms in total. The van der Waals surface area contributed by atoms with Crippen molar-refractivity contribution in [3.05, 3.63) is 107 Å². The van der Waals surface area contributed by atoms with E-state index >= 15 is 0 Å². The summed E-state index contributed by atoms with van der Waals surface area (Å²) in [5, 5.41) is 10.4. The molecule has 0 fully saturated rings. The van der Waals surface area contributed by atoms with Gasteiger partial charge in [0.1, 0.15) is 0 Å². The number of nitrogens with zero attached hydrogens (tertiary/aromatic N) is 2. The van der Waals surface area contributed by atoms with E-state index in [2.05, 4.69) is 15.7 Å². The average Bonchev–Trinajstić information content (AvgIpc) is 3.09. The topological polar surface area (TPSA) is 76.0 Å². The molecule has 32 heavy (non-hydrogen) atoms. The second-order valence-electron chi connectivity index (χ2n) is 7.50. The monoisotopic (exact) mass is 424 g/mol. The number of nitrogens with one attached hydrogen (secondary N) is 2. The smallest absolute Gasteiger partial charge is 0.257 e. The van der Waals surface area contributed by atoms with Gasteiger partial charge in [0.2, 0.25) is 5.91 Å². The van der Waals surface area contributed by atoms with Crippen molar-refractivity contribution in [2.45, 2.75) is 20.3 Å². The molecule has 0 saturated heterocycles. The number of benzene rings is 3. The zero-order valence-corrected chi connectivity index (χ0v) is 18.0. The summed E-state index contributed by atoms with van der Waals surface area (Å²) in [7, 11) is 0. The van der Waals surface area contributed by atoms with Crippen LogP contribution < -0.4 is 10.6 Å². The minimum Gasteiger partial charge on any atom is -0.325 e. The van der Waals surface area contributed by atoms with Gasteiger partial charge in [0.25, 0.3) is 5.91 Å². The summed E-state index contributed by atoms with van der Waals surface area (Å²) in [6.45, 7) is 3.77. The SMILES string of the molecule is Cc1nn(-c2ccccc2)c(C)c1NC(=O)c1ccccc1NC(=O)Cc1ccccc1. The highest BCUT2D eigenvalue weighted by molar-refractivity contribution is 6.10. The molecule has 0 unspecified atom stereocenters. The standard InChI is InChI=1S/C26H24N4O2/c1-18-25(19(2)30(29-18)21-13-7-4-8-14-21)28-26(32)22-15-9-10-16-23(22)27-24(31)17-20-11-5-3-6-12-20/h3-16H,17H2,1-2H3,(H,27,31)(H,28,32). The van der Waals surface area contributed by atoms with Gasteiger partial charge in [-0.15, -0.1) is 0 Å². The van der Waals surface area contributed by atoms with E-state index < -0.39 is 0 Å². The number of amides is 2. The van der Waals surface area contributed by atoms with Crippen LogP contribution in [0.2, 0.25) is 0 Å². The molecule has 0 spiro atoms. The minimum atomic E-state index is -0.306. The molecule has 0 aliphatic rings. The van der Waals surface area contributed by atoms with Gasteiger partial charge in [-0.1, -0.05) is 60.7 Å². The number of hydrogen-bond donors (Lipinski definition) is 2. The molecule has 160 valence electrons. The highest BCUT2D eigenvalue weighted by Crippen LogP contribution is 2.25. The van der Waals surface area contributed by atoms with Gasteiger partial charge in [-0.25, -0.2) is 4.68 Å². The molecule has 2 amide bonds. The molecule has 0 aliphatic heterocycles. The molecular weight excluding hydrogens is 400 g/mol. The van der Waals surface area contributed by atoms with Crippen LogP contribution in [0.25, 0.3) is 5.69 Å². The van der Waals surface area contributed by atoms with E-state index in [9.17, 15) is 9.59 Å². The molecule has 0 bridgehead atoms. The molecule has 3 aromatic carbocycles. The van der Waals surface area contributed by atoms with Crippen LogP contribution in [0, 0.1) is 13.8 Å². The van der Waals surface area contributed by atoms with Crippen LogP contribution in [0.3, 0.4) is 0 Å². The molecule has 1 heterocycles. The number of para-hydroxylation sites is 2. The van der Waals surface area contributed by atoms with Crippen LogP contribution in [-0.2, 0) is 11.2 Å². The summed E-state index contributed by atoms with van der Waals surface area (Å²) in [4.78, 5) is 25.7. The second kappa shape index (κ2) is 9.31. The zero-order chi connectivity index (χ0) is 22.5. The Kier molecular flexibility index (Phi) is 6.12. The van der Waals surface area contributed by atoms with Crippen molar-refractivity contribution in [2.24, 2.45) is 0 Å². The number of anilines is 2. The first kappa shape index (κ1) is 21.1. The number of rotatable bonds is 6. The quantitative estimate of drug-likeness (QED) is 0.461. The Hall–Kier alpha value is -4.19. The first-order valence-electron chi connectivity index (χ1n) is 10.4. The van der Waals surface area contributed by atoms with Crippen molar-refractivity contribution >= 4 is 23.2 Å². The first-order chi connectivity index (χ1) is 15.5. The summed E-state index contributed by atoms with van der Waals surface area (Å²) in [5.41, 5.74) is 4.88. The molecule has 0 atom stereocenters. The fraction of sp³-hybridized carbons (Fsp3) is 0.115. The Morgan fingerprint density at radius 2 is 1.44 bits per heavy atom. The number of hydrogen-bond acceptors (Lipinski definition) is 3. The van der Waals surface area contributed by atoms with E-state index in [1.54, 1.807) is 28.9 Å². The number of carbonyl (C=O) groups excluding carboxylic acids is 2. The Morgan fingerprint density at radius 1 is 0.812 bits per heavy atom. The Morgan fingerprint density at radius 3 is 2.16 bits per heavy atom. The molecule has 4 rings (SSSR count). The third-order valence-electron chi connectivity index (χ3n) is 5.18. The molecule has 4 aromatic rings. The highest BCUT2D eigenvalue weighted by atomic mass is 16.2. The van der Waals surface area contributed by atoms with E-state index in [0.717, 1.165) is 16.9 Å². The molecule has 0 saturated carbocycles. The lowest BCUT2D eigenvalue weighted by molar-refractivity contribution is -0.115. The Balaban J connectivity index is 1.54. The van der Waals surface area contributed by atoms with Crippen LogP contribution in [0.15, 0.2) is 84.9 Å². The van der Waals surface area contributed by atoms with E-state index in [0.29, 0.717) is 22.6 Å². The Labute approximate surface area is 186 Å². The lowest BCUT2D eigenvalue weighted by atomic mass is 10.1. The van der Waals surface area contributed by atoms with Gasteiger partial charge in [0, 0.05) is 0 Å². The fourth-order valence-corrected chi connectivity index (χ4v) is 3.59. The molecule has 0 aliphatic carbocycles. The molecule has 0 radical (unpaired) electrons. The van der Waals surface area contributed by atoms with Crippen molar-refractivity contribution in [1.29, 1.82) is 0 Å². The zero-order valence-electron chi connectivity index (χ0n) is 18.0. The second-order valence-corrected chi connectivity index (χ2v) is 7.50. The van der Waals surface area contributed by atoms with Crippen LogP contribution in [0.1, 0.15) is 27.3 Å². The van der Waals surface area contributed by atoms with E-state index in [1.807, 2.05) is 74.5 Å². The summed E-state index contributed by atoms with van der Waals surface area (Å²) >= 11 is 0. The van der Waals surface area contributed by atoms with Gasteiger partial charge in [-0.3, -0.25) is 9.59 Å². The normalized spacial score (nSPS) is 10.6. The molecule has 6 heteroatoms. The maximum atomic E-state index is 13.1. The van der Waals surface area contributed by atoms with E-state index in [-0.39, 0.29) is 18.2 Å². The number of aromatic nitrogens is 2. The van der Waals surface area contributed by atoms with Crippen LogP contribution in [-0.4, -0.2) is 21.6 Å². The van der Waals surface area contributed by atoms with Crippen LogP contribution in [0.4, 0.5) is 11.4 Å². The predicted octanol–water partition coefficient (Wildman–Crippen LogP) is 4.92. The molecule has 1 aromatic heterocycles. The number of carbonyl (C=O) groups is 2. The van der Waals surface area contributed by atoms with E-state index in [4.69, 9.17) is 0 Å². The third kappa shape index (κ3) is 4.59. The molecular formula is C26H24N4O2. The van der Waals surface area contributed by atoms with Crippen LogP contribution >= 0.6 is 0 Å². The van der Waals surface area contributed by atoms with Gasteiger partial charge >= 0.3 is 0 Å². The molecule has 2 N–H and O–H groups in total. The number of aryl methyl sites for hydroxylation is 1. The highest BCUT2D eigenvalue weighted by Gasteiger charge is 2.18. The van der Waals surface area contributed by atoms with Crippen LogP contribution in [0.5, 0.6) is 0 Å². The van der Waals surface area contributed by atoms with Gasteiger partial charge in [-0.05, 0) is 43.7 Å². The minimum absolute atomic E-state index is 0.180. The maximum absolute atomic E-state index is 13.1. The lowest BCUT2D eigenvalue weighted by Gasteiger charge is -2.12. The van der Waals surface area contributed by atoms with Gasteiger partial charge in [0.05, 0.1) is 40.4 Å². The largest absolute Gasteiger partial charge is 0.325 e. The van der Waals surface area contributed by atoms with E-state index in [1.165, 1.54) is 0 Å². The third-order valence-corrected chi connectivity index (χ3v) is 5.18. The summed E-state index contributed by atoms with van der Waals surface area (Å²) in [6, 6.07) is 26.2. The van der Waals surface area contributed by atoms with Crippen molar-refractivity contribution in [2.75, 3.05) is 10.6 Å². The first-order valence-corrected chi connectivity index (χ1v) is 10.4. The van der Waals surface area contributed by atoms with Crippen molar-refractivity contribution < 1.29 is 9.59 Å². The predicted molar refractivity (Wildman–Crippen MR) is 126 cm³/mol. The summed E-state index contributed by atoms with van der Waals surface area (Å²) in [5.74, 6) is -0.486. The van der Waals surface area contributed by atoms with Crippen molar-refractivity contribution in [1.82, 2.24) is 9.78 Å².